The highest BCUT2D eigenvalue weighted by Gasteiger charge is 2.16. The minimum atomic E-state index is -0.325. The molecule has 0 bridgehead atoms. The van der Waals surface area contributed by atoms with Crippen LogP contribution in [0.3, 0.4) is 0 Å². The van der Waals surface area contributed by atoms with Crippen LogP contribution in [0.25, 0.3) is 0 Å². The van der Waals surface area contributed by atoms with Gasteiger partial charge >= 0.3 is 5.97 Å². The molecule has 15 heavy (non-hydrogen) atoms. The lowest BCUT2D eigenvalue weighted by atomic mass is 10.2. The fraction of sp³-hybridized carbons (Fsp3) is 0.800. The standard InChI is InChI=1S/C10H20N2O3/c1-7(2)15-10(14)8(3)6-12-9(13)4-5-11/h7-8H,4-6,11H2,1-3H3,(H,12,13). The second-order valence-corrected chi connectivity index (χ2v) is 3.73. The van der Waals surface area contributed by atoms with Crippen molar-refractivity contribution in [3.05, 3.63) is 0 Å². The van der Waals surface area contributed by atoms with Crippen LogP contribution in [0.4, 0.5) is 0 Å². The Kier molecular flexibility index (Phi) is 6.70. The largest absolute Gasteiger partial charge is 0.463 e. The Balaban J connectivity index is 3.77. The van der Waals surface area contributed by atoms with E-state index in [-0.39, 0.29) is 30.3 Å². The van der Waals surface area contributed by atoms with Crippen LogP contribution >= 0.6 is 0 Å². The van der Waals surface area contributed by atoms with E-state index in [0.29, 0.717) is 13.1 Å². The highest BCUT2D eigenvalue weighted by Crippen LogP contribution is 2.00. The van der Waals surface area contributed by atoms with E-state index in [2.05, 4.69) is 5.32 Å². The highest BCUT2D eigenvalue weighted by atomic mass is 16.5. The first-order valence-corrected chi connectivity index (χ1v) is 5.14. The molecule has 88 valence electrons. The number of rotatable bonds is 6. The molecular weight excluding hydrogens is 196 g/mol. The number of carbonyl (C=O) groups excluding carboxylic acids is 2. The SMILES string of the molecule is CC(C)OC(=O)C(C)CNC(=O)CCN. The third kappa shape index (κ3) is 6.90. The zero-order chi connectivity index (χ0) is 11.8. The number of hydrogen-bond acceptors (Lipinski definition) is 4. The van der Waals surface area contributed by atoms with Crippen molar-refractivity contribution >= 4 is 11.9 Å². The summed E-state index contributed by atoms with van der Waals surface area (Å²) in [4.78, 5) is 22.4. The Labute approximate surface area is 90.4 Å². The summed E-state index contributed by atoms with van der Waals surface area (Å²) in [6.45, 7) is 5.91. The molecule has 0 radical (unpaired) electrons. The van der Waals surface area contributed by atoms with E-state index >= 15 is 0 Å². The van der Waals surface area contributed by atoms with Gasteiger partial charge in [0, 0.05) is 19.5 Å². The molecular formula is C10H20N2O3. The molecule has 3 N–H and O–H groups in total. The quantitative estimate of drug-likeness (QED) is 0.614. The number of amides is 1. The summed E-state index contributed by atoms with van der Waals surface area (Å²) < 4.78 is 4.99. The first-order valence-electron chi connectivity index (χ1n) is 5.14. The molecule has 0 aromatic rings. The van der Waals surface area contributed by atoms with Gasteiger partial charge in [0.05, 0.1) is 12.0 Å². The van der Waals surface area contributed by atoms with Gasteiger partial charge in [-0.2, -0.15) is 0 Å². The van der Waals surface area contributed by atoms with Crippen molar-refractivity contribution in [1.29, 1.82) is 0 Å². The van der Waals surface area contributed by atoms with Gasteiger partial charge in [-0.25, -0.2) is 0 Å². The summed E-state index contributed by atoms with van der Waals surface area (Å²) in [5, 5.41) is 2.62. The topological polar surface area (TPSA) is 81.4 Å². The number of nitrogens with two attached hydrogens (primary N) is 1. The zero-order valence-corrected chi connectivity index (χ0v) is 9.58. The normalized spacial score (nSPS) is 12.3. The third-order valence-corrected chi connectivity index (χ3v) is 1.73. The van der Waals surface area contributed by atoms with Crippen LogP contribution in [0.1, 0.15) is 27.2 Å². The van der Waals surface area contributed by atoms with Crippen LogP contribution in [0.15, 0.2) is 0 Å². The van der Waals surface area contributed by atoms with E-state index < -0.39 is 0 Å². The summed E-state index contributed by atoms with van der Waals surface area (Å²) in [7, 11) is 0. The Morgan fingerprint density at radius 2 is 1.93 bits per heavy atom. The van der Waals surface area contributed by atoms with Gasteiger partial charge in [0.1, 0.15) is 0 Å². The summed E-state index contributed by atoms with van der Waals surface area (Å²) in [5.74, 6) is -0.756. The van der Waals surface area contributed by atoms with Gasteiger partial charge in [-0.3, -0.25) is 9.59 Å². The number of ether oxygens (including phenoxy) is 1. The molecule has 0 aliphatic rings. The number of hydrogen-bond donors (Lipinski definition) is 2. The molecule has 5 nitrogen and oxygen atoms in total. The smallest absolute Gasteiger partial charge is 0.310 e. The van der Waals surface area contributed by atoms with Crippen LogP contribution in [0.2, 0.25) is 0 Å². The maximum absolute atomic E-state index is 11.3. The van der Waals surface area contributed by atoms with Crippen molar-refractivity contribution in [2.75, 3.05) is 13.1 Å². The third-order valence-electron chi connectivity index (χ3n) is 1.73. The molecule has 0 saturated carbocycles. The molecule has 0 spiro atoms. The maximum Gasteiger partial charge on any atom is 0.310 e. The molecule has 0 rings (SSSR count). The molecule has 0 aliphatic carbocycles. The van der Waals surface area contributed by atoms with E-state index in [1.165, 1.54) is 0 Å². The molecule has 0 fully saturated rings. The van der Waals surface area contributed by atoms with Crippen LogP contribution < -0.4 is 11.1 Å². The fourth-order valence-electron chi connectivity index (χ4n) is 0.918. The lowest BCUT2D eigenvalue weighted by Gasteiger charge is -2.14. The van der Waals surface area contributed by atoms with Crippen molar-refractivity contribution in [3.63, 3.8) is 0 Å². The fourth-order valence-corrected chi connectivity index (χ4v) is 0.918. The van der Waals surface area contributed by atoms with Gasteiger partial charge in [-0.05, 0) is 13.8 Å². The van der Waals surface area contributed by atoms with E-state index in [1.54, 1.807) is 20.8 Å². The Bertz CT molecular complexity index is 217. The minimum Gasteiger partial charge on any atom is -0.463 e. The van der Waals surface area contributed by atoms with Crippen LogP contribution in [-0.2, 0) is 14.3 Å². The summed E-state index contributed by atoms with van der Waals surface area (Å²) in [5.41, 5.74) is 5.21. The van der Waals surface area contributed by atoms with Gasteiger partial charge in [-0.1, -0.05) is 6.92 Å². The molecule has 0 aliphatic heterocycles. The van der Waals surface area contributed by atoms with E-state index in [9.17, 15) is 9.59 Å². The van der Waals surface area contributed by atoms with Gasteiger partial charge in [0.15, 0.2) is 0 Å². The average molecular weight is 216 g/mol. The first kappa shape index (κ1) is 13.9. The van der Waals surface area contributed by atoms with E-state index in [4.69, 9.17) is 10.5 Å². The van der Waals surface area contributed by atoms with Crippen LogP contribution in [0, 0.1) is 5.92 Å². The predicted octanol–water partition coefficient (Wildman–Crippen LogP) is 0.0391. The molecule has 0 aromatic heterocycles. The van der Waals surface area contributed by atoms with E-state index in [0.717, 1.165) is 0 Å². The first-order chi connectivity index (χ1) is 6.97. The van der Waals surface area contributed by atoms with Crippen molar-refractivity contribution in [2.45, 2.75) is 33.3 Å². The Morgan fingerprint density at radius 1 is 1.33 bits per heavy atom. The van der Waals surface area contributed by atoms with Gasteiger partial charge in [0.25, 0.3) is 0 Å². The Hall–Kier alpha value is -1.10. The average Bonchev–Trinajstić information content (AvgIpc) is 2.13. The van der Waals surface area contributed by atoms with Gasteiger partial charge in [-0.15, -0.1) is 0 Å². The number of carbonyl (C=O) groups is 2. The number of esters is 1. The van der Waals surface area contributed by atoms with Gasteiger partial charge in [0.2, 0.25) is 5.91 Å². The zero-order valence-electron chi connectivity index (χ0n) is 9.58. The van der Waals surface area contributed by atoms with Crippen molar-refractivity contribution in [3.8, 4) is 0 Å². The van der Waals surface area contributed by atoms with Crippen molar-refractivity contribution in [2.24, 2.45) is 11.7 Å². The summed E-state index contributed by atoms with van der Waals surface area (Å²) >= 11 is 0. The van der Waals surface area contributed by atoms with Crippen molar-refractivity contribution in [1.82, 2.24) is 5.32 Å². The van der Waals surface area contributed by atoms with E-state index in [1.807, 2.05) is 0 Å². The van der Waals surface area contributed by atoms with Gasteiger partial charge < -0.3 is 15.8 Å². The molecule has 5 heteroatoms. The van der Waals surface area contributed by atoms with Crippen molar-refractivity contribution < 1.29 is 14.3 Å². The minimum absolute atomic E-state index is 0.125. The van der Waals surface area contributed by atoms with Crippen LogP contribution in [-0.4, -0.2) is 31.1 Å². The number of nitrogens with one attached hydrogen (secondary N) is 1. The van der Waals surface area contributed by atoms with Crippen LogP contribution in [0.5, 0.6) is 0 Å². The molecule has 1 amide bonds. The lowest BCUT2D eigenvalue weighted by molar-refractivity contribution is -0.151. The molecule has 0 aromatic carbocycles. The predicted molar refractivity (Wildman–Crippen MR) is 57.1 cm³/mol. The maximum atomic E-state index is 11.3. The molecule has 0 saturated heterocycles. The molecule has 1 atom stereocenters. The molecule has 0 heterocycles. The Morgan fingerprint density at radius 3 is 2.40 bits per heavy atom. The monoisotopic (exact) mass is 216 g/mol. The second kappa shape index (κ2) is 7.23. The summed E-state index contributed by atoms with van der Waals surface area (Å²) in [6.07, 6.45) is 0.158. The molecule has 1 unspecified atom stereocenters. The lowest BCUT2D eigenvalue weighted by Crippen LogP contribution is -2.33. The second-order valence-electron chi connectivity index (χ2n) is 3.73. The summed E-state index contributed by atoms with van der Waals surface area (Å²) in [6, 6.07) is 0. The highest BCUT2D eigenvalue weighted by molar-refractivity contribution is 5.77.